The van der Waals surface area contributed by atoms with Gasteiger partial charge in [0.2, 0.25) is 0 Å². The van der Waals surface area contributed by atoms with Gasteiger partial charge in [-0.2, -0.15) is 18.3 Å². The van der Waals surface area contributed by atoms with Gasteiger partial charge in [-0.25, -0.2) is 9.37 Å². The minimum Gasteiger partial charge on any atom is -0.336 e. The van der Waals surface area contributed by atoms with Crippen molar-refractivity contribution < 1.29 is 22.4 Å². The molecule has 3 heterocycles. The van der Waals surface area contributed by atoms with E-state index in [1.165, 1.54) is 4.90 Å². The van der Waals surface area contributed by atoms with Gasteiger partial charge in [-0.05, 0) is 18.2 Å². The molecule has 1 fully saturated rings. The Hall–Kier alpha value is -3.54. The van der Waals surface area contributed by atoms with Crippen molar-refractivity contribution in [1.29, 1.82) is 0 Å². The first-order chi connectivity index (χ1) is 15.3. The van der Waals surface area contributed by atoms with Crippen LogP contribution in [0.3, 0.4) is 0 Å². The number of hydrogen-bond donors (Lipinski definition) is 2. The maximum atomic E-state index is 13.5. The number of nitrogens with one attached hydrogen (secondary N) is 2. The fourth-order valence-corrected chi connectivity index (χ4v) is 3.40. The fourth-order valence-electron chi connectivity index (χ4n) is 3.40. The van der Waals surface area contributed by atoms with Crippen LogP contribution in [0.25, 0.3) is 0 Å². The molecule has 0 radical (unpaired) electrons. The summed E-state index contributed by atoms with van der Waals surface area (Å²) in [5, 5.41) is 9.67. The molecular weight excluding hydrogens is 430 g/mol. The van der Waals surface area contributed by atoms with Gasteiger partial charge in [-0.3, -0.25) is 19.8 Å². The first kappa shape index (κ1) is 21.7. The van der Waals surface area contributed by atoms with E-state index in [2.05, 4.69) is 30.4 Å². The Bertz CT molecular complexity index is 1080. The lowest BCUT2D eigenvalue weighted by Crippen LogP contribution is -2.48. The van der Waals surface area contributed by atoms with Gasteiger partial charge in [0.15, 0.2) is 0 Å². The van der Waals surface area contributed by atoms with Crippen LogP contribution in [-0.2, 0) is 12.7 Å². The summed E-state index contributed by atoms with van der Waals surface area (Å²) in [5.41, 5.74) is -0.901. The normalized spacial score (nSPS) is 15.1. The molecule has 1 saturated heterocycles. The quantitative estimate of drug-likeness (QED) is 0.582. The number of aromatic nitrogens is 4. The Morgan fingerprint density at radius 3 is 2.59 bits per heavy atom. The highest BCUT2D eigenvalue weighted by atomic mass is 19.4. The van der Waals surface area contributed by atoms with E-state index in [0.717, 1.165) is 11.8 Å². The number of nitrogens with zero attached hydrogens (tertiary/aromatic N) is 5. The van der Waals surface area contributed by atoms with Crippen LogP contribution in [0.15, 0.2) is 42.9 Å². The van der Waals surface area contributed by atoms with Crippen molar-refractivity contribution in [1.82, 2.24) is 30.0 Å². The number of aromatic amines is 1. The molecule has 0 aliphatic carbocycles. The molecule has 2 aromatic heterocycles. The van der Waals surface area contributed by atoms with Gasteiger partial charge in [0.25, 0.3) is 5.91 Å². The average molecular weight is 449 g/mol. The molecule has 1 aliphatic heterocycles. The Balaban J connectivity index is 1.35. The Kier molecular flexibility index (Phi) is 6.04. The maximum Gasteiger partial charge on any atom is 0.419 e. The zero-order valence-corrected chi connectivity index (χ0v) is 16.7. The predicted molar refractivity (Wildman–Crippen MR) is 106 cm³/mol. The first-order valence-electron chi connectivity index (χ1n) is 9.75. The van der Waals surface area contributed by atoms with Crippen LogP contribution in [0.1, 0.15) is 21.6 Å². The highest BCUT2D eigenvalue weighted by Gasteiger charge is 2.35. The van der Waals surface area contributed by atoms with Crippen molar-refractivity contribution >= 4 is 17.5 Å². The molecule has 8 nitrogen and oxygen atoms in total. The van der Waals surface area contributed by atoms with Crippen LogP contribution < -0.4 is 5.32 Å². The van der Waals surface area contributed by atoms with E-state index in [9.17, 15) is 22.4 Å². The number of carbonyl (C=O) groups is 1. The minimum atomic E-state index is -4.86. The second kappa shape index (κ2) is 8.91. The summed E-state index contributed by atoms with van der Waals surface area (Å²) in [4.78, 5) is 24.8. The van der Waals surface area contributed by atoms with Crippen molar-refractivity contribution in [3.05, 3.63) is 65.5 Å². The second-order valence-electron chi connectivity index (χ2n) is 7.25. The molecule has 1 amide bonds. The van der Waals surface area contributed by atoms with Gasteiger partial charge < -0.3 is 10.2 Å². The summed E-state index contributed by atoms with van der Waals surface area (Å²) < 4.78 is 52.3. The number of amides is 1. The number of halogens is 4. The lowest BCUT2D eigenvalue weighted by Gasteiger charge is -2.34. The van der Waals surface area contributed by atoms with E-state index in [-0.39, 0.29) is 5.56 Å². The maximum absolute atomic E-state index is 13.5. The molecule has 1 aliphatic rings. The van der Waals surface area contributed by atoms with Crippen LogP contribution in [0.5, 0.6) is 0 Å². The zero-order chi connectivity index (χ0) is 22.7. The lowest BCUT2D eigenvalue weighted by atomic mass is 10.1. The molecule has 12 heteroatoms. The molecule has 0 saturated carbocycles. The summed E-state index contributed by atoms with van der Waals surface area (Å²) in [7, 11) is 0. The van der Waals surface area contributed by atoms with E-state index in [1.54, 1.807) is 24.7 Å². The number of anilines is 2. The summed E-state index contributed by atoms with van der Waals surface area (Å²) in [6.45, 7) is 2.19. The largest absolute Gasteiger partial charge is 0.419 e. The summed E-state index contributed by atoms with van der Waals surface area (Å²) >= 11 is 0. The van der Waals surface area contributed by atoms with Gasteiger partial charge in [-0.1, -0.05) is 0 Å². The van der Waals surface area contributed by atoms with Gasteiger partial charge in [0.1, 0.15) is 17.5 Å². The fraction of sp³-hybridized carbons (Fsp3) is 0.300. The molecule has 3 aromatic rings. The van der Waals surface area contributed by atoms with Crippen LogP contribution >= 0.6 is 0 Å². The zero-order valence-electron chi connectivity index (χ0n) is 16.7. The van der Waals surface area contributed by atoms with E-state index >= 15 is 0 Å². The summed E-state index contributed by atoms with van der Waals surface area (Å²) in [6.07, 6.45) is -0.0250. The molecular formula is C20H19F4N7O. The summed E-state index contributed by atoms with van der Waals surface area (Å²) in [5.74, 6) is -0.722. The monoisotopic (exact) mass is 449 g/mol. The molecule has 168 valence electrons. The van der Waals surface area contributed by atoms with Gasteiger partial charge in [0, 0.05) is 50.6 Å². The molecule has 1 aromatic carbocycles. The molecule has 4 rings (SSSR count). The number of rotatable bonds is 5. The third-order valence-electron chi connectivity index (χ3n) is 5.01. The lowest BCUT2D eigenvalue weighted by molar-refractivity contribution is -0.140. The number of hydrogen-bond acceptors (Lipinski definition) is 6. The van der Waals surface area contributed by atoms with Crippen LogP contribution in [0, 0.1) is 5.82 Å². The van der Waals surface area contributed by atoms with E-state index < -0.39 is 23.5 Å². The minimum absolute atomic E-state index is 0.185. The second-order valence-corrected chi connectivity index (χ2v) is 7.25. The molecule has 2 N–H and O–H groups in total. The van der Waals surface area contributed by atoms with Crippen LogP contribution in [0.4, 0.5) is 29.2 Å². The number of benzene rings is 1. The Morgan fingerprint density at radius 1 is 1.12 bits per heavy atom. The molecule has 0 bridgehead atoms. The van der Waals surface area contributed by atoms with E-state index in [0.29, 0.717) is 56.5 Å². The molecule has 32 heavy (non-hydrogen) atoms. The highest BCUT2D eigenvalue weighted by molar-refractivity contribution is 5.94. The standard InChI is InChI=1S/C20H19F4N7O/c21-16-2-1-13(9-15(16)20(22,23)24)19(32)31-7-5-30(6-8-31)12-14-10-25-11-18(27-14)28-17-3-4-26-29-17/h1-4,9-11H,5-8,12H2,(H2,26,27,28,29). The molecule has 0 atom stereocenters. The SMILES string of the molecule is O=C(c1ccc(F)c(C(F)(F)F)c1)N1CCN(Cc2cncc(Nc3ccn[nH]3)n2)CC1. The Morgan fingerprint density at radius 2 is 1.91 bits per heavy atom. The molecule has 0 unspecified atom stereocenters. The van der Waals surface area contributed by atoms with E-state index in [4.69, 9.17) is 0 Å². The number of alkyl halides is 3. The number of H-pyrrole nitrogens is 1. The van der Waals surface area contributed by atoms with Crippen molar-refractivity contribution in [3.8, 4) is 0 Å². The van der Waals surface area contributed by atoms with Crippen molar-refractivity contribution in [2.45, 2.75) is 12.7 Å². The highest BCUT2D eigenvalue weighted by Crippen LogP contribution is 2.32. The number of carbonyl (C=O) groups excluding carboxylic acids is 1. The van der Waals surface area contributed by atoms with Crippen molar-refractivity contribution in [3.63, 3.8) is 0 Å². The number of piperazine rings is 1. The van der Waals surface area contributed by atoms with Gasteiger partial charge in [-0.15, -0.1) is 0 Å². The van der Waals surface area contributed by atoms with Gasteiger partial charge in [0.05, 0.1) is 23.7 Å². The van der Waals surface area contributed by atoms with Gasteiger partial charge >= 0.3 is 6.18 Å². The Labute approximate surface area is 180 Å². The van der Waals surface area contributed by atoms with Crippen molar-refractivity contribution in [2.75, 3.05) is 31.5 Å². The van der Waals surface area contributed by atoms with E-state index in [1.807, 2.05) is 0 Å². The summed E-state index contributed by atoms with van der Waals surface area (Å²) in [6, 6.07) is 4.07. The van der Waals surface area contributed by atoms with Crippen molar-refractivity contribution in [2.24, 2.45) is 0 Å². The smallest absolute Gasteiger partial charge is 0.336 e. The predicted octanol–water partition coefficient (Wildman–Crippen LogP) is 3.06. The third kappa shape index (κ3) is 5.02. The van der Waals surface area contributed by atoms with Crippen LogP contribution in [0.2, 0.25) is 0 Å². The van der Waals surface area contributed by atoms with Crippen LogP contribution in [-0.4, -0.2) is 62.1 Å². The molecule has 0 spiro atoms. The average Bonchev–Trinajstić information content (AvgIpc) is 3.27. The topological polar surface area (TPSA) is 90.0 Å². The third-order valence-corrected chi connectivity index (χ3v) is 5.01. The first-order valence-corrected chi connectivity index (χ1v) is 9.75.